The minimum Gasteiger partial charge on any atom is -0.343 e. The van der Waals surface area contributed by atoms with Crippen molar-refractivity contribution in [3.05, 3.63) is 75.6 Å². The van der Waals surface area contributed by atoms with Gasteiger partial charge < -0.3 is 10.7 Å². The van der Waals surface area contributed by atoms with Gasteiger partial charge in [-0.3, -0.25) is 0 Å². The highest BCUT2D eigenvalue weighted by Crippen LogP contribution is 2.39. The molecule has 0 saturated carbocycles. The molecule has 1 aliphatic rings. The van der Waals surface area contributed by atoms with Gasteiger partial charge >= 0.3 is 0 Å². The molecule has 1 heterocycles. The van der Waals surface area contributed by atoms with Crippen molar-refractivity contribution in [2.24, 2.45) is 5.73 Å². The summed E-state index contributed by atoms with van der Waals surface area (Å²) in [6.07, 6.45) is 0.876. The van der Waals surface area contributed by atoms with Crippen LogP contribution in [0.4, 0.5) is 0 Å². The third-order valence-electron chi connectivity index (χ3n) is 3.98. The molecule has 0 saturated heterocycles. The molecule has 4 rings (SSSR count). The zero-order chi connectivity index (χ0) is 14.4. The van der Waals surface area contributed by atoms with E-state index in [1.165, 1.54) is 11.1 Å². The first kappa shape index (κ1) is 12.8. The maximum atomic E-state index is 6.32. The Kier molecular flexibility index (Phi) is 2.94. The topological polar surface area (TPSA) is 54.7 Å². The second-order valence-electron chi connectivity index (χ2n) is 5.28. The average molecular weight is 340 g/mol. The van der Waals surface area contributed by atoms with Gasteiger partial charge in [-0.1, -0.05) is 58.4 Å². The van der Waals surface area contributed by atoms with Crippen molar-refractivity contribution in [2.75, 3.05) is 0 Å². The SMILES string of the molecule is NC(c1ccccc1)c1nc2c([nH]1)Cc1c(Br)cccc1-2. The maximum Gasteiger partial charge on any atom is 0.128 e. The fourth-order valence-corrected chi connectivity index (χ4v) is 3.39. The van der Waals surface area contributed by atoms with E-state index in [1.807, 2.05) is 36.4 Å². The third-order valence-corrected chi connectivity index (χ3v) is 4.72. The molecule has 0 spiro atoms. The normalized spacial score (nSPS) is 13.8. The van der Waals surface area contributed by atoms with Crippen LogP contribution >= 0.6 is 15.9 Å². The minimum atomic E-state index is -0.215. The fourth-order valence-electron chi connectivity index (χ4n) is 2.88. The molecule has 2 aromatic carbocycles. The maximum absolute atomic E-state index is 6.32. The number of fused-ring (bicyclic) bond motifs is 3. The summed E-state index contributed by atoms with van der Waals surface area (Å²) >= 11 is 3.61. The number of H-pyrrole nitrogens is 1. The van der Waals surface area contributed by atoms with Crippen LogP contribution in [0.1, 0.15) is 28.7 Å². The average Bonchev–Trinajstić information content (AvgIpc) is 3.07. The van der Waals surface area contributed by atoms with Gasteiger partial charge in [0.2, 0.25) is 0 Å². The van der Waals surface area contributed by atoms with Gasteiger partial charge in [0.15, 0.2) is 0 Å². The predicted octanol–water partition coefficient (Wildman–Crippen LogP) is 3.79. The number of benzene rings is 2. The fraction of sp³-hybridized carbons (Fsp3) is 0.118. The highest BCUT2D eigenvalue weighted by molar-refractivity contribution is 9.10. The molecule has 3 nitrogen and oxygen atoms in total. The van der Waals surface area contributed by atoms with E-state index < -0.39 is 0 Å². The number of nitrogens with zero attached hydrogens (tertiary/aromatic N) is 1. The van der Waals surface area contributed by atoms with Gasteiger partial charge in [-0.2, -0.15) is 0 Å². The van der Waals surface area contributed by atoms with Crippen molar-refractivity contribution in [3.63, 3.8) is 0 Å². The number of nitrogens with two attached hydrogens (primary N) is 1. The van der Waals surface area contributed by atoms with Gasteiger partial charge in [-0.15, -0.1) is 0 Å². The molecule has 0 aliphatic heterocycles. The van der Waals surface area contributed by atoms with Gasteiger partial charge in [0.1, 0.15) is 5.82 Å². The number of hydrogen-bond acceptors (Lipinski definition) is 2. The molecule has 21 heavy (non-hydrogen) atoms. The summed E-state index contributed by atoms with van der Waals surface area (Å²) in [6.45, 7) is 0. The summed E-state index contributed by atoms with van der Waals surface area (Å²) in [4.78, 5) is 8.16. The molecule has 0 bridgehead atoms. The molecule has 0 amide bonds. The number of rotatable bonds is 2. The monoisotopic (exact) mass is 339 g/mol. The van der Waals surface area contributed by atoms with Crippen LogP contribution in [-0.4, -0.2) is 9.97 Å². The number of aromatic nitrogens is 2. The van der Waals surface area contributed by atoms with Crippen molar-refractivity contribution >= 4 is 15.9 Å². The van der Waals surface area contributed by atoms with Crippen LogP contribution in [0.3, 0.4) is 0 Å². The zero-order valence-corrected chi connectivity index (χ0v) is 12.9. The number of aromatic amines is 1. The Morgan fingerprint density at radius 2 is 1.90 bits per heavy atom. The van der Waals surface area contributed by atoms with Gasteiger partial charge in [-0.25, -0.2) is 4.98 Å². The van der Waals surface area contributed by atoms with Crippen LogP contribution in [0.2, 0.25) is 0 Å². The Balaban J connectivity index is 1.76. The Hall–Kier alpha value is -1.91. The Labute approximate surface area is 131 Å². The number of nitrogens with one attached hydrogen (secondary N) is 1. The van der Waals surface area contributed by atoms with E-state index in [0.29, 0.717) is 0 Å². The van der Waals surface area contributed by atoms with E-state index in [9.17, 15) is 0 Å². The van der Waals surface area contributed by atoms with Crippen molar-refractivity contribution in [1.82, 2.24) is 9.97 Å². The summed E-state index contributed by atoms with van der Waals surface area (Å²) in [6, 6.07) is 16.1. The number of halogens is 1. The summed E-state index contributed by atoms with van der Waals surface area (Å²) in [5.74, 6) is 0.830. The molecule has 0 radical (unpaired) electrons. The van der Waals surface area contributed by atoms with Gasteiger partial charge in [-0.05, 0) is 17.2 Å². The predicted molar refractivity (Wildman–Crippen MR) is 87.0 cm³/mol. The number of hydrogen-bond donors (Lipinski definition) is 2. The quantitative estimate of drug-likeness (QED) is 0.583. The Morgan fingerprint density at radius 1 is 1.10 bits per heavy atom. The lowest BCUT2D eigenvalue weighted by Gasteiger charge is -2.09. The van der Waals surface area contributed by atoms with Crippen LogP contribution in [0, 0.1) is 0 Å². The van der Waals surface area contributed by atoms with Crippen LogP contribution in [-0.2, 0) is 6.42 Å². The number of imidazole rings is 1. The lowest BCUT2D eigenvalue weighted by Crippen LogP contribution is -2.13. The summed E-state index contributed by atoms with van der Waals surface area (Å²) < 4.78 is 1.14. The molecular formula is C17H14BrN3. The van der Waals surface area contributed by atoms with Crippen LogP contribution in [0.5, 0.6) is 0 Å². The second-order valence-corrected chi connectivity index (χ2v) is 6.13. The summed E-state index contributed by atoms with van der Waals surface area (Å²) in [5.41, 5.74) is 12.1. The molecule has 3 aromatic rings. The first-order valence-corrected chi connectivity index (χ1v) is 7.70. The van der Waals surface area contributed by atoms with E-state index in [1.54, 1.807) is 0 Å². The molecule has 1 aliphatic carbocycles. The summed E-state index contributed by atoms with van der Waals surface area (Å²) in [5, 5.41) is 0. The minimum absolute atomic E-state index is 0.215. The standard InChI is InChI=1S/C17H14BrN3/c18-13-8-4-7-11-12(13)9-14-16(11)21-17(20-14)15(19)10-5-2-1-3-6-10/h1-8,15H,9,19H2,(H,20,21). The highest BCUT2D eigenvalue weighted by Gasteiger charge is 2.26. The van der Waals surface area contributed by atoms with Gasteiger partial charge in [0.05, 0.1) is 11.7 Å². The Bertz CT molecular complexity index is 808. The van der Waals surface area contributed by atoms with E-state index in [4.69, 9.17) is 10.7 Å². The van der Waals surface area contributed by atoms with E-state index >= 15 is 0 Å². The molecule has 1 aromatic heterocycles. The summed E-state index contributed by atoms with van der Waals surface area (Å²) in [7, 11) is 0. The molecule has 1 unspecified atom stereocenters. The van der Waals surface area contributed by atoms with Crippen LogP contribution < -0.4 is 5.73 Å². The van der Waals surface area contributed by atoms with Crippen molar-refractivity contribution < 1.29 is 0 Å². The van der Waals surface area contributed by atoms with Crippen molar-refractivity contribution in [1.29, 1.82) is 0 Å². The highest BCUT2D eigenvalue weighted by atomic mass is 79.9. The Morgan fingerprint density at radius 3 is 2.71 bits per heavy atom. The van der Waals surface area contributed by atoms with Crippen molar-refractivity contribution in [3.8, 4) is 11.3 Å². The lowest BCUT2D eigenvalue weighted by molar-refractivity contribution is 0.796. The zero-order valence-electron chi connectivity index (χ0n) is 11.3. The van der Waals surface area contributed by atoms with E-state index in [-0.39, 0.29) is 6.04 Å². The van der Waals surface area contributed by atoms with E-state index in [0.717, 1.165) is 33.7 Å². The lowest BCUT2D eigenvalue weighted by atomic mass is 10.1. The van der Waals surface area contributed by atoms with Crippen LogP contribution in [0.25, 0.3) is 11.3 Å². The molecule has 4 heteroatoms. The van der Waals surface area contributed by atoms with Crippen molar-refractivity contribution in [2.45, 2.75) is 12.5 Å². The molecule has 3 N–H and O–H groups in total. The molecule has 104 valence electrons. The largest absolute Gasteiger partial charge is 0.343 e. The molecule has 0 fully saturated rings. The third kappa shape index (κ3) is 2.03. The first-order valence-electron chi connectivity index (χ1n) is 6.91. The molecule has 1 atom stereocenters. The molecular weight excluding hydrogens is 326 g/mol. The van der Waals surface area contributed by atoms with Gasteiger partial charge in [0.25, 0.3) is 0 Å². The second kappa shape index (κ2) is 4.83. The van der Waals surface area contributed by atoms with Gasteiger partial charge in [0, 0.05) is 22.2 Å². The van der Waals surface area contributed by atoms with Crippen LogP contribution in [0.15, 0.2) is 53.0 Å². The first-order chi connectivity index (χ1) is 10.2. The smallest absolute Gasteiger partial charge is 0.128 e. The van der Waals surface area contributed by atoms with E-state index in [2.05, 4.69) is 33.0 Å².